The molecule has 0 spiro atoms. The second-order valence-electron chi connectivity index (χ2n) is 6.13. The van der Waals surface area contributed by atoms with Crippen LogP contribution in [0.3, 0.4) is 0 Å². The van der Waals surface area contributed by atoms with Crippen molar-refractivity contribution in [3.63, 3.8) is 0 Å². The molecule has 1 aliphatic carbocycles. The van der Waals surface area contributed by atoms with Crippen molar-refractivity contribution in [3.05, 3.63) is 29.3 Å². The molecule has 2 aliphatic rings. The summed E-state index contributed by atoms with van der Waals surface area (Å²) in [6.07, 6.45) is 3.42. The van der Waals surface area contributed by atoms with Gasteiger partial charge in [-0.2, -0.15) is 0 Å². The van der Waals surface area contributed by atoms with Gasteiger partial charge in [0.2, 0.25) is 10.0 Å². The third-order valence-corrected chi connectivity index (χ3v) is 5.97. The molecule has 1 unspecified atom stereocenters. The first-order valence-corrected chi connectivity index (χ1v) is 9.04. The van der Waals surface area contributed by atoms with E-state index in [1.807, 2.05) is 6.92 Å². The number of likely N-dealkylation sites (tertiary alicyclic amines) is 1. The summed E-state index contributed by atoms with van der Waals surface area (Å²) in [6.45, 7) is 4.16. The van der Waals surface area contributed by atoms with Gasteiger partial charge in [-0.25, -0.2) is 13.1 Å². The molecule has 5 nitrogen and oxygen atoms in total. The zero-order valence-corrected chi connectivity index (χ0v) is 13.2. The van der Waals surface area contributed by atoms with Crippen molar-refractivity contribution in [2.45, 2.75) is 49.7 Å². The average Bonchev–Trinajstić information content (AvgIpc) is 3.19. The minimum atomic E-state index is -3.44. The van der Waals surface area contributed by atoms with Crippen LogP contribution in [0.25, 0.3) is 0 Å². The maximum absolute atomic E-state index is 12.5. The molecule has 1 saturated heterocycles. The van der Waals surface area contributed by atoms with E-state index in [-0.39, 0.29) is 6.04 Å². The maximum Gasteiger partial charge on any atom is 0.240 e. The molecule has 116 valence electrons. The standard InChI is InChI=1S/C15H23N3O2S/c1-11-8-15(5-2-12(11)9-16)21(19,20)17-13-6-7-18(10-13)14-3-4-14/h2,5,8,13-14,17H,3-4,6-7,9-10,16H2,1H3. The largest absolute Gasteiger partial charge is 0.326 e. The van der Waals surface area contributed by atoms with Crippen LogP contribution in [0.1, 0.15) is 30.4 Å². The highest BCUT2D eigenvalue weighted by Gasteiger charge is 2.35. The van der Waals surface area contributed by atoms with E-state index in [0.717, 1.165) is 30.6 Å². The van der Waals surface area contributed by atoms with E-state index in [0.29, 0.717) is 17.5 Å². The second-order valence-corrected chi connectivity index (χ2v) is 7.84. The summed E-state index contributed by atoms with van der Waals surface area (Å²) in [6, 6.07) is 5.88. The molecule has 0 amide bonds. The van der Waals surface area contributed by atoms with E-state index in [2.05, 4.69) is 9.62 Å². The quantitative estimate of drug-likeness (QED) is 0.850. The van der Waals surface area contributed by atoms with Crippen LogP contribution in [0.2, 0.25) is 0 Å². The first kappa shape index (κ1) is 15.0. The van der Waals surface area contributed by atoms with E-state index >= 15 is 0 Å². The number of nitrogens with two attached hydrogens (primary N) is 1. The number of aryl methyl sites for hydroxylation is 1. The summed E-state index contributed by atoms with van der Waals surface area (Å²) in [5.41, 5.74) is 7.52. The van der Waals surface area contributed by atoms with Crippen LogP contribution < -0.4 is 10.5 Å². The number of nitrogens with zero attached hydrogens (tertiary/aromatic N) is 1. The van der Waals surface area contributed by atoms with Gasteiger partial charge in [-0.05, 0) is 49.4 Å². The fraction of sp³-hybridized carbons (Fsp3) is 0.600. The summed E-state index contributed by atoms with van der Waals surface area (Å²) >= 11 is 0. The van der Waals surface area contributed by atoms with Crippen molar-refractivity contribution in [1.29, 1.82) is 0 Å². The lowest BCUT2D eigenvalue weighted by Gasteiger charge is -2.16. The molecule has 1 aromatic rings. The number of rotatable bonds is 5. The molecule has 0 bridgehead atoms. The first-order chi connectivity index (χ1) is 9.99. The smallest absolute Gasteiger partial charge is 0.240 e. The molecule has 1 heterocycles. The van der Waals surface area contributed by atoms with Gasteiger partial charge >= 0.3 is 0 Å². The molecule has 6 heteroatoms. The van der Waals surface area contributed by atoms with Crippen molar-refractivity contribution in [2.75, 3.05) is 13.1 Å². The van der Waals surface area contributed by atoms with Crippen LogP contribution in [0.15, 0.2) is 23.1 Å². The molecule has 0 radical (unpaired) electrons. The normalized spacial score (nSPS) is 23.6. The van der Waals surface area contributed by atoms with Crippen LogP contribution in [-0.4, -0.2) is 38.5 Å². The zero-order chi connectivity index (χ0) is 15.0. The molecule has 1 aliphatic heterocycles. The lowest BCUT2D eigenvalue weighted by Crippen LogP contribution is -2.37. The van der Waals surface area contributed by atoms with Crippen molar-refractivity contribution >= 4 is 10.0 Å². The van der Waals surface area contributed by atoms with Gasteiger partial charge in [-0.1, -0.05) is 6.07 Å². The van der Waals surface area contributed by atoms with Gasteiger partial charge in [-0.15, -0.1) is 0 Å². The van der Waals surface area contributed by atoms with Crippen LogP contribution in [0, 0.1) is 6.92 Å². The predicted molar refractivity (Wildman–Crippen MR) is 82.4 cm³/mol. The Labute approximate surface area is 126 Å². The third kappa shape index (κ3) is 3.29. The van der Waals surface area contributed by atoms with Crippen molar-refractivity contribution in [1.82, 2.24) is 9.62 Å². The van der Waals surface area contributed by atoms with Gasteiger partial charge in [0, 0.05) is 31.7 Å². The molecule has 0 aromatic heterocycles. The second kappa shape index (κ2) is 5.68. The third-order valence-electron chi connectivity index (χ3n) is 4.45. The first-order valence-electron chi connectivity index (χ1n) is 7.55. The summed E-state index contributed by atoms with van der Waals surface area (Å²) in [4.78, 5) is 2.73. The van der Waals surface area contributed by atoms with Gasteiger partial charge in [0.05, 0.1) is 4.90 Å². The lowest BCUT2D eigenvalue weighted by atomic mass is 10.1. The van der Waals surface area contributed by atoms with Gasteiger partial charge in [0.15, 0.2) is 0 Å². The molecule has 1 saturated carbocycles. The fourth-order valence-electron chi connectivity index (χ4n) is 3.01. The maximum atomic E-state index is 12.5. The highest BCUT2D eigenvalue weighted by molar-refractivity contribution is 7.89. The molecular formula is C15H23N3O2S. The average molecular weight is 309 g/mol. The van der Waals surface area contributed by atoms with E-state index in [1.54, 1.807) is 18.2 Å². The molecule has 1 aromatic carbocycles. The molecule has 2 fully saturated rings. The van der Waals surface area contributed by atoms with Crippen molar-refractivity contribution < 1.29 is 8.42 Å². The number of hydrogen-bond donors (Lipinski definition) is 2. The number of nitrogens with one attached hydrogen (secondary N) is 1. The van der Waals surface area contributed by atoms with Gasteiger partial charge < -0.3 is 5.73 Å². The van der Waals surface area contributed by atoms with Gasteiger partial charge in [-0.3, -0.25) is 4.90 Å². The van der Waals surface area contributed by atoms with Crippen LogP contribution >= 0.6 is 0 Å². The van der Waals surface area contributed by atoms with Crippen molar-refractivity contribution in [3.8, 4) is 0 Å². The lowest BCUT2D eigenvalue weighted by molar-refractivity contribution is 0.322. The number of sulfonamides is 1. The summed E-state index contributed by atoms with van der Waals surface area (Å²) in [5.74, 6) is 0. The summed E-state index contributed by atoms with van der Waals surface area (Å²) in [7, 11) is -3.44. The zero-order valence-electron chi connectivity index (χ0n) is 12.4. The van der Waals surface area contributed by atoms with Crippen LogP contribution in [0.5, 0.6) is 0 Å². The van der Waals surface area contributed by atoms with Gasteiger partial charge in [0.25, 0.3) is 0 Å². The Morgan fingerprint density at radius 1 is 1.33 bits per heavy atom. The molecule has 21 heavy (non-hydrogen) atoms. The monoisotopic (exact) mass is 309 g/mol. The SMILES string of the molecule is Cc1cc(S(=O)(=O)NC2CCN(C3CC3)C2)ccc1CN. The molecule has 1 atom stereocenters. The van der Waals surface area contributed by atoms with Crippen LogP contribution in [-0.2, 0) is 16.6 Å². The number of hydrogen-bond acceptors (Lipinski definition) is 4. The Bertz CT molecular complexity index is 626. The van der Waals surface area contributed by atoms with Crippen LogP contribution in [0.4, 0.5) is 0 Å². The Morgan fingerprint density at radius 3 is 2.71 bits per heavy atom. The summed E-state index contributed by atoms with van der Waals surface area (Å²) < 4.78 is 27.8. The minimum absolute atomic E-state index is 0.0325. The Morgan fingerprint density at radius 2 is 2.10 bits per heavy atom. The fourth-order valence-corrected chi connectivity index (χ4v) is 4.35. The Hall–Kier alpha value is -0.950. The van der Waals surface area contributed by atoms with Gasteiger partial charge in [0.1, 0.15) is 0 Å². The molecule has 3 rings (SSSR count). The predicted octanol–water partition coefficient (Wildman–Crippen LogP) is 0.969. The highest BCUT2D eigenvalue weighted by Crippen LogP contribution is 2.30. The Kier molecular flexibility index (Phi) is 4.05. The van der Waals surface area contributed by atoms with E-state index in [9.17, 15) is 8.42 Å². The van der Waals surface area contributed by atoms with E-state index in [4.69, 9.17) is 5.73 Å². The topological polar surface area (TPSA) is 75.4 Å². The number of benzene rings is 1. The van der Waals surface area contributed by atoms with E-state index < -0.39 is 10.0 Å². The summed E-state index contributed by atoms with van der Waals surface area (Å²) in [5, 5.41) is 0. The molecule has 3 N–H and O–H groups in total. The minimum Gasteiger partial charge on any atom is -0.326 e. The Balaban J connectivity index is 1.70. The van der Waals surface area contributed by atoms with Crippen molar-refractivity contribution in [2.24, 2.45) is 5.73 Å². The molecular weight excluding hydrogens is 286 g/mol. The van der Waals surface area contributed by atoms with E-state index in [1.165, 1.54) is 12.8 Å². The highest BCUT2D eigenvalue weighted by atomic mass is 32.2.